The predicted octanol–water partition coefficient (Wildman–Crippen LogP) is 2.41. The smallest absolute Gasteiger partial charge is 0.331 e. The molecule has 1 aromatic carbocycles. The maximum Gasteiger partial charge on any atom is 0.331 e. The van der Waals surface area contributed by atoms with Crippen LogP contribution in [0.5, 0.6) is 0 Å². The highest BCUT2D eigenvalue weighted by Gasteiger charge is 2.36. The summed E-state index contributed by atoms with van der Waals surface area (Å²) in [6.45, 7) is 0.801. The van der Waals surface area contributed by atoms with Crippen LogP contribution in [0.15, 0.2) is 18.2 Å². The number of hydrogen-bond acceptors (Lipinski definition) is 3. The van der Waals surface area contributed by atoms with Gasteiger partial charge in [-0.25, -0.2) is 9.69 Å². The first kappa shape index (κ1) is 14.1. The van der Waals surface area contributed by atoms with E-state index in [1.54, 1.807) is 19.2 Å². The SMILES string of the molecule is COCCN1CC(=O)N(c2ccc(Cl)c(Cl)c2)C1=O. The first-order chi connectivity index (χ1) is 9.04. The van der Waals surface area contributed by atoms with Gasteiger partial charge in [-0.15, -0.1) is 0 Å². The van der Waals surface area contributed by atoms with E-state index >= 15 is 0 Å². The van der Waals surface area contributed by atoms with Crippen molar-refractivity contribution in [3.8, 4) is 0 Å². The molecule has 0 saturated carbocycles. The van der Waals surface area contributed by atoms with Crippen molar-refractivity contribution >= 4 is 40.8 Å². The third-order valence-electron chi connectivity index (χ3n) is 2.76. The molecule has 0 atom stereocenters. The molecule has 5 nitrogen and oxygen atoms in total. The summed E-state index contributed by atoms with van der Waals surface area (Å²) >= 11 is 11.7. The first-order valence-electron chi connectivity index (χ1n) is 5.60. The number of methoxy groups -OCH3 is 1. The van der Waals surface area contributed by atoms with Crippen molar-refractivity contribution in [2.45, 2.75) is 0 Å². The summed E-state index contributed by atoms with van der Waals surface area (Å²) < 4.78 is 4.90. The minimum absolute atomic E-state index is 0.0441. The van der Waals surface area contributed by atoms with Gasteiger partial charge in [0.1, 0.15) is 6.54 Å². The van der Waals surface area contributed by atoms with E-state index in [1.807, 2.05) is 0 Å². The Balaban J connectivity index is 2.22. The van der Waals surface area contributed by atoms with E-state index in [0.717, 1.165) is 4.90 Å². The lowest BCUT2D eigenvalue weighted by molar-refractivity contribution is -0.116. The van der Waals surface area contributed by atoms with E-state index in [2.05, 4.69) is 0 Å². The molecule has 2 rings (SSSR count). The van der Waals surface area contributed by atoms with Crippen molar-refractivity contribution in [1.82, 2.24) is 4.90 Å². The van der Waals surface area contributed by atoms with Crippen molar-refractivity contribution in [3.05, 3.63) is 28.2 Å². The molecule has 7 heteroatoms. The van der Waals surface area contributed by atoms with Gasteiger partial charge in [0, 0.05) is 13.7 Å². The molecule has 19 heavy (non-hydrogen) atoms. The number of carbonyl (C=O) groups is 2. The Morgan fingerprint density at radius 1 is 1.26 bits per heavy atom. The average molecular weight is 303 g/mol. The lowest BCUT2D eigenvalue weighted by atomic mass is 10.3. The van der Waals surface area contributed by atoms with E-state index in [9.17, 15) is 9.59 Å². The summed E-state index contributed by atoms with van der Waals surface area (Å²) in [5.74, 6) is -0.292. The lowest BCUT2D eigenvalue weighted by Gasteiger charge is -2.17. The van der Waals surface area contributed by atoms with Crippen LogP contribution < -0.4 is 4.90 Å². The molecule has 0 aliphatic carbocycles. The molecular weight excluding hydrogens is 291 g/mol. The summed E-state index contributed by atoms with van der Waals surface area (Å²) in [5.41, 5.74) is 0.421. The van der Waals surface area contributed by atoms with E-state index in [4.69, 9.17) is 27.9 Å². The molecule has 0 aromatic heterocycles. The molecule has 3 amide bonds. The van der Waals surface area contributed by atoms with Crippen LogP contribution in [0.1, 0.15) is 0 Å². The van der Waals surface area contributed by atoms with Crippen LogP contribution in [0.2, 0.25) is 10.0 Å². The zero-order valence-electron chi connectivity index (χ0n) is 10.2. The van der Waals surface area contributed by atoms with Crippen LogP contribution in [0, 0.1) is 0 Å². The number of nitrogens with zero attached hydrogens (tertiary/aromatic N) is 2. The van der Waals surface area contributed by atoms with Gasteiger partial charge < -0.3 is 9.64 Å². The second kappa shape index (κ2) is 5.77. The molecule has 1 aromatic rings. The molecule has 1 fully saturated rings. The van der Waals surface area contributed by atoms with E-state index in [-0.39, 0.29) is 18.5 Å². The fourth-order valence-corrected chi connectivity index (χ4v) is 2.10. The van der Waals surface area contributed by atoms with E-state index < -0.39 is 0 Å². The Kier molecular flexibility index (Phi) is 4.29. The quantitative estimate of drug-likeness (QED) is 0.803. The largest absolute Gasteiger partial charge is 0.383 e. The van der Waals surface area contributed by atoms with Gasteiger partial charge in [-0.05, 0) is 18.2 Å². The van der Waals surface area contributed by atoms with Gasteiger partial charge in [0.2, 0.25) is 0 Å². The number of amides is 3. The molecule has 1 aliphatic rings. The van der Waals surface area contributed by atoms with Crippen molar-refractivity contribution in [2.24, 2.45) is 0 Å². The lowest BCUT2D eigenvalue weighted by Crippen LogP contribution is -2.34. The van der Waals surface area contributed by atoms with E-state index in [1.165, 1.54) is 11.0 Å². The number of halogens is 2. The zero-order chi connectivity index (χ0) is 14.0. The van der Waals surface area contributed by atoms with Crippen molar-refractivity contribution in [1.29, 1.82) is 0 Å². The number of ether oxygens (including phenoxy) is 1. The normalized spacial score (nSPS) is 15.5. The Morgan fingerprint density at radius 3 is 2.63 bits per heavy atom. The van der Waals surface area contributed by atoms with E-state index in [0.29, 0.717) is 28.9 Å². The second-order valence-corrected chi connectivity index (χ2v) is 4.84. The van der Waals surface area contributed by atoms with Gasteiger partial charge in [0.25, 0.3) is 5.91 Å². The van der Waals surface area contributed by atoms with Crippen LogP contribution in [-0.2, 0) is 9.53 Å². The Labute approximate surface area is 120 Å². The molecule has 0 radical (unpaired) electrons. The van der Waals surface area contributed by atoms with Crippen LogP contribution in [0.25, 0.3) is 0 Å². The molecule has 1 saturated heterocycles. The van der Waals surface area contributed by atoms with Crippen LogP contribution in [0.3, 0.4) is 0 Å². The van der Waals surface area contributed by atoms with Gasteiger partial charge in [-0.3, -0.25) is 4.79 Å². The zero-order valence-corrected chi connectivity index (χ0v) is 11.7. The fourth-order valence-electron chi connectivity index (χ4n) is 1.80. The number of urea groups is 1. The van der Waals surface area contributed by atoms with Crippen molar-refractivity contribution in [3.63, 3.8) is 0 Å². The molecule has 0 N–H and O–H groups in total. The molecular formula is C12H12Cl2N2O3. The van der Waals surface area contributed by atoms with Crippen molar-refractivity contribution in [2.75, 3.05) is 31.7 Å². The molecule has 0 spiro atoms. The number of hydrogen-bond donors (Lipinski definition) is 0. The van der Waals surface area contributed by atoms with Crippen LogP contribution in [-0.4, -0.2) is 43.6 Å². The summed E-state index contributed by atoms with van der Waals surface area (Å²) in [7, 11) is 1.54. The van der Waals surface area contributed by atoms with Gasteiger partial charge >= 0.3 is 6.03 Å². The van der Waals surface area contributed by atoms with Crippen LogP contribution >= 0.6 is 23.2 Å². The molecule has 0 bridgehead atoms. The Bertz CT molecular complexity index is 522. The second-order valence-electron chi connectivity index (χ2n) is 4.02. The molecule has 102 valence electrons. The Hall–Kier alpha value is -1.30. The maximum atomic E-state index is 12.1. The van der Waals surface area contributed by atoms with Gasteiger partial charge in [0.05, 0.1) is 22.3 Å². The molecule has 1 aliphatic heterocycles. The number of carbonyl (C=O) groups excluding carboxylic acids is 2. The standard InChI is InChI=1S/C12H12Cl2N2O3/c1-19-5-4-15-7-11(17)16(12(15)18)8-2-3-9(13)10(14)6-8/h2-3,6H,4-5,7H2,1H3. The topological polar surface area (TPSA) is 49.9 Å². The molecule has 1 heterocycles. The highest BCUT2D eigenvalue weighted by atomic mass is 35.5. The van der Waals surface area contributed by atoms with Gasteiger partial charge in [-0.1, -0.05) is 23.2 Å². The Morgan fingerprint density at radius 2 is 2.00 bits per heavy atom. The minimum Gasteiger partial charge on any atom is -0.383 e. The predicted molar refractivity (Wildman–Crippen MR) is 72.8 cm³/mol. The van der Waals surface area contributed by atoms with Crippen LogP contribution in [0.4, 0.5) is 10.5 Å². The number of imide groups is 1. The summed E-state index contributed by atoms with van der Waals surface area (Å²) in [4.78, 5) is 26.5. The number of benzene rings is 1. The highest BCUT2D eigenvalue weighted by Crippen LogP contribution is 2.29. The third-order valence-corrected chi connectivity index (χ3v) is 3.50. The highest BCUT2D eigenvalue weighted by molar-refractivity contribution is 6.42. The minimum atomic E-state index is -0.375. The fraction of sp³-hybridized carbons (Fsp3) is 0.333. The first-order valence-corrected chi connectivity index (χ1v) is 6.36. The summed E-state index contributed by atoms with van der Waals surface area (Å²) in [6, 6.07) is 4.27. The molecule has 0 unspecified atom stereocenters. The summed E-state index contributed by atoms with van der Waals surface area (Å²) in [6.07, 6.45) is 0. The number of rotatable bonds is 4. The van der Waals surface area contributed by atoms with Crippen molar-refractivity contribution < 1.29 is 14.3 Å². The maximum absolute atomic E-state index is 12.1. The van der Waals surface area contributed by atoms with Gasteiger partial charge in [0.15, 0.2) is 0 Å². The van der Waals surface area contributed by atoms with Gasteiger partial charge in [-0.2, -0.15) is 0 Å². The third kappa shape index (κ3) is 2.83. The average Bonchev–Trinajstić information content (AvgIpc) is 2.65. The summed E-state index contributed by atoms with van der Waals surface area (Å²) in [5, 5.41) is 0.677. The number of anilines is 1. The monoisotopic (exact) mass is 302 g/mol.